The Labute approximate surface area is 172 Å². The molecule has 2 N–H and O–H groups in total. The Bertz CT molecular complexity index is 896. The predicted molar refractivity (Wildman–Crippen MR) is 115 cm³/mol. The van der Waals surface area contributed by atoms with Gasteiger partial charge >= 0.3 is 0 Å². The van der Waals surface area contributed by atoms with Gasteiger partial charge < -0.3 is 15.3 Å². The minimum Gasteiger partial charge on any atom is -0.390 e. The van der Waals surface area contributed by atoms with E-state index in [2.05, 4.69) is 59.6 Å². The van der Waals surface area contributed by atoms with Crippen LogP contribution in [0.15, 0.2) is 48.5 Å². The molecule has 152 valence electrons. The zero-order chi connectivity index (χ0) is 20.0. The first kappa shape index (κ1) is 18.8. The highest BCUT2D eigenvalue weighted by Crippen LogP contribution is 2.45. The van der Waals surface area contributed by atoms with Crippen LogP contribution >= 0.6 is 0 Å². The van der Waals surface area contributed by atoms with Crippen molar-refractivity contribution >= 4 is 11.6 Å². The topological polar surface area (TPSA) is 52.6 Å². The van der Waals surface area contributed by atoms with Crippen LogP contribution in [0.3, 0.4) is 0 Å². The summed E-state index contributed by atoms with van der Waals surface area (Å²) in [5.41, 5.74) is 4.12. The number of carbonyl (C=O) groups excluding carboxylic acids is 1. The van der Waals surface area contributed by atoms with Crippen LogP contribution in [0.4, 0.5) is 5.69 Å². The van der Waals surface area contributed by atoms with Crippen LogP contribution in [0.1, 0.15) is 42.4 Å². The zero-order valence-corrected chi connectivity index (χ0v) is 17.1. The summed E-state index contributed by atoms with van der Waals surface area (Å²) < 4.78 is 0. The van der Waals surface area contributed by atoms with E-state index in [0.29, 0.717) is 24.2 Å². The van der Waals surface area contributed by atoms with Crippen LogP contribution in [0.25, 0.3) is 0 Å². The zero-order valence-electron chi connectivity index (χ0n) is 17.1. The largest absolute Gasteiger partial charge is 0.390 e. The Balaban J connectivity index is 1.18. The summed E-state index contributed by atoms with van der Waals surface area (Å²) in [6.07, 6.45) is 3.12. The molecule has 2 unspecified atom stereocenters. The molecule has 2 heterocycles. The van der Waals surface area contributed by atoms with Gasteiger partial charge in [0.25, 0.3) is 0 Å². The summed E-state index contributed by atoms with van der Waals surface area (Å²) in [6.45, 7) is 5.52. The van der Waals surface area contributed by atoms with Gasteiger partial charge in [0.1, 0.15) is 0 Å². The Morgan fingerprint density at radius 3 is 2.59 bits per heavy atom. The van der Waals surface area contributed by atoms with Gasteiger partial charge in [-0.15, -0.1) is 0 Å². The molecule has 1 saturated carbocycles. The number of amides is 1. The lowest BCUT2D eigenvalue weighted by atomic mass is 9.91. The van der Waals surface area contributed by atoms with Crippen molar-refractivity contribution in [1.29, 1.82) is 0 Å². The predicted octanol–water partition coefficient (Wildman–Crippen LogP) is 3.60. The molecule has 0 bridgehead atoms. The Hall–Kier alpha value is -2.17. The number of nitrogens with one attached hydrogen (secondary N) is 1. The lowest BCUT2D eigenvalue weighted by molar-refractivity contribution is -0.115. The normalized spacial score (nSPS) is 29.5. The Kier molecular flexibility index (Phi) is 4.72. The second-order valence-electron chi connectivity index (χ2n) is 9.58. The summed E-state index contributed by atoms with van der Waals surface area (Å²) in [6, 6.07) is 16.8. The minimum absolute atomic E-state index is 0.0974. The molecule has 0 aromatic heterocycles. The summed E-state index contributed by atoms with van der Waals surface area (Å²) in [5, 5.41) is 14.1. The van der Waals surface area contributed by atoms with Gasteiger partial charge in [-0.2, -0.15) is 0 Å². The molecule has 1 aliphatic carbocycles. The molecule has 2 fully saturated rings. The van der Waals surface area contributed by atoms with E-state index in [4.69, 9.17) is 0 Å². The van der Waals surface area contributed by atoms with Crippen molar-refractivity contribution in [3.63, 3.8) is 0 Å². The standard InChI is InChI=1S/C25H30N2O2/c1-17(19-7-8-23-20(9-19)10-24(28)26-23)14-27-15-21-12-25(29,13-22(21)16-27)11-18-5-3-2-4-6-18/h2-9,17,21-22,29H,10-16H2,1H3,(H,26,28)/t17?,21-,22+,25?. The van der Waals surface area contributed by atoms with Crippen molar-refractivity contribution in [3.05, 3.63) is 65.2 Å². The summed E-state index contributed by atoms with van der Waals surface area (Å²) in [7, 11) is 0. The third-order valence-electron chi connectivity index (χ3n) is 7.17. The number of aliphatic hydroxyl groups is 1. The quantitative estimate of drug-likeness (QED) is 0.820. The van der Waals surface area contributed by atoms with Crippen molar-refractivity contribution in [2.24, 2.45) is 11.8 Å². The maximum atomic E-state index is 11.6. The molecule has 2 aliphatic heterocycles. The number of hydrogen-bond acceptors (Lipinski definition) is 3. The van der Waals surface area contributed by atoms with E-state index in [1.54, 1.807) is 0 Å². The van der Waals surface area contributed by atoms with Crippen molar-refractivity contribution in [2.75, 3.05) is 25.0 Å². The summed E-state index contributed by atoms with van der Waals surface area (Å²) in [4.78, 5) is 14.2. The SMILES string of the molecule is CC(CN1C[C@@H]2CC(O)(Cc3ccccc3)C[C@@H]2C1)c1ccc2c(c1)CC(=O)N2. The summed E-state index contributed by atoms with van der Waals surface area (Å²) in [5.74, 6) is 1.76. The molecule has 4 atom stereocenters. The molecule has 1 amide bonds. The van der Waals surface area contributed by atoms with Gasteiger partial charge in [0.2, 0.25) is 5.91 Å². The first-order valence-electron chi connectivity index (χ1n) is 10.9. The average Bonchev–Trinajstić information content (AvgIpc) is 3.31. The molecule has 2 aromatic rings. The van der Waals surface area contributed by atoms with Crippen LogP contribution < -0.4 is 5.32 Å². The monoisotopic (exact) mass is 390 g/mol. The molecular formula is C25H30N2O2. The lowest BCUT2D eigenvalue weighted by Gasteiger charge is -2.27. The molecule has 3 aliphatic rings. The molecule has 1 saturated heterocycles. The third kappa shape index (κ3) is 3.84. The van der Waals surface area contributed by atoms with E-state index in [1.807, 2.05) is 6.07 Å². The first-order valence-corrected chi connectivity index (χ1v) is 10.9. The number of nitrogens with zero attached hydrogens (tertiary/aromatic N) is 1. The van der Waals surface area contributed by atoms with Gasteiger partial charge in [0.05, 0.1) is 12.0 Å². The van der Waals surface area contributed by atoms with E-state index in [9.17, 15) is 9.90 Å². The highest BCUT2D eigenvalue weighted by Gasteiger charge is 2.48. The molecular weight excluding hydrogens is 360 g/mol. The first-order chi connectivity index (χ1) is 14.0. The second-order valence-corrected chi connectivity index (χ2v) is 9.58. The molecule has 0 radical (unpaired) electrons. The van der Waals surface area contributed by atoms with E-state index in [-0.39, 0.29) is 5.91 Å². The van der Waals surface area contributed by atoms with Gasteiger partial charge in [-0.05, 0) is 53.4 Å². The fraction of sp³-hybridized carbons (Fsp3) is 0.480. The molecule has 4 nitrogen and oxygen atoms in total. The van der Waals surface area contributed by atoms with Gasteiger partial charge in [-0.1, -0.05) is 49.4 Å². The third-order valence-corrected chi connectivity index (χ3v) is 7.17. The smallest absolute Gasteiger partial charge is 0.228 e. The molecule has 29 heavy (non-hydrogen) atoms. The van der Waals surface area contributed by atoms with Gasteiger partial charge in [0.15, 0.2) is 0 Å². The maximum absolute atomic E-state index is 11.6. The van der Waals surface area contributed by atoms with E-state index in [1.165, 1.54) is 11.1 Å². The van der Waals surface area contributed by atoms with Crippen LogP contribution in [0.5, 0.6) is 0 Å². The average molecular weight is 391 g/mol. The second kappa shape index (κ2) is 7.26. The highest BCUT2D eigenvalue weighted by molar-refractivity contribution is 5.99. The minimum atomic E-state index is -0.534. The number of anilines is 1. The van der Waals surface area contributed by atoms with Gasteiger partial charge in [0, 0.05) is 31.7 Å². The highest BCUT2D eigenvalue weighted by atomic mass is 16.3. The number of carbonyl (C=O) groups is 1. The van der Waals surface area contributed by atoms with Gasteiger partial charge in [-0.25, -0.2) is 0 Å². The van der Waals surface area contributed by atoms with Crippen LogP contribution in [-0.2, 0) is 17.6 Å². The molecule has 0 spiro atoms. The van der Waals surface area contributed by atoms with Gasteiger partial charge in [-0.3, -0.25) is 4.79 Å². The number of fused-ring (bicyclic) bond motifs is 2. The molecule has 2 aromatic carbocycles. The lowest BCUT2D eigenvalue weighted by Crippen LogP contribution is -2.33. The van der Waals surface area contributed by atoms with Crippen LogP contribution in [0.2, 0.25) is 0 Å². The van der Waals surface area contributed by atoms with E-state index >= 15 is 0 Å². The number of hydrogen-bond donors (Lipinski definition) is 2. The fourth-order valence-corrected chi connectivity index (χ4v) is 5.88. The Morgan fingerprint density at radius 2 is 1.86 bits per heavy atom. The molecule has 4 heteroatoms. The van der Waals surface area contributed by atoms with E-state index < -0.39 is 5.60 Å². The van der Waals surface area contributed by atoms with Crippen molar-refractivity contribution in [3.8, 4) is 0 Å². The van der Waals surface area contributed by atoms with Crippen LogP contribution in [0, 0.1) is 11.8 Å². The Morgan fingerprint density at radius 1 is 1.14 bits per heavy atom. The summed E-state index contributed by atoms with van der Waals surface area (Å²) >= 11 is 0. The van der Waals surface area contributed by atoms with Crippen LogP contribution in [-0.4, -0.2) is 41.1 Å². The van der Waals surface area contributed by atoms with Crippen molar-refractivity contribution in [1.82, 2.24) is 4.90 Å². The number of benzene rings is 2. The fourth-order valence-electron chi connectivity index (χ4n) is 5.88. The molecule has 5 rings (SSSR count). The number of rotatable bonds is 5. The van der Waals surface area contributed by atoms with Crippen molar-refractivity contribution < 1.29 is 9.90 Å². The maximum Gasteiger partial charge on any atom is 0.228 e. The van der Waals surface area contributed by atoms with E-state index in [0.717, 1.165) is 50.1 Å². The van der Waals surface area contributed by atoms with Crippen molar-refractivity contribution in [2.45, 2.75) is 44.1 Å². The number of likely N-dealkylation sites (tertiary alicyclic amines) is 1.